The lowest BCUT2D eigenvalue weighted by Crippen LogP contribution is -2.51. The fourth-order valence-corrected chi connectivity index (χ4v) is 3.99. The van der Waals surface area contributed by atoms with E-state index in [4.69, 9.17) is 9.72 Å². The first-order valence-corrected chi connectivity index (χ1v) is 7.86. The molecule has 2 heterocycles. The van der Waals surface area contributed by atoms with Crippen LogP contribution in [0, 0.1) is 0 Å². The van der Waals surface area contributed by atoms with Crippen molar-refractivity contribution in [3.8, 4) is 0 Å². The zero-order valence-electron chi connectivity index (χ0n) is 13.0. The van der Waals surface area contributed by atoms with Crippen LogP contribution in [-0.2, 0) is 15.7 Å². The van der Waals surface area contributed by atoms with Gasteiger partial charge in [0.1, 0.15) is 5.01 Å². The second-order valence-electron chi connectivity index (χ2n) is 7.15. The van der Waals surface area contributed by atoms with E-state index < -0.39 is 0 Å². The largest absolute Gasteiger partial charge is 0.375 e. The molecule has 0 aliphatic carbocycles. The normalized spacial score (nSPS) is 27.5. The van der Waals surface area contributed by atoms with Crippen molar-refractivity contribution in [2.75, 3.05) is 13.7 Å². The smallest absolute Gasteiger partial charge is 0.113 e. The average molecular weight is 282 g/mol. The van der Waals surface area contributed by atoms with Crippen molar-refractivity contribution < 1.29 is 4.74 Å². The van der Waals surface area contributed by atoms with Gasteiger partial charge in [-0.1, -0.05) is 20.8 Å². The fourth-order valence-electron chi connectivity index (χ4n) is 2.71. The summed E-state index contributed by atoms with van der Waals surface area (Å²) in [5.41, 5.74) is 1.18. The lowest BCUT2D eigenvalue weighted by atomic mass is 9.81. The van der Waals surface area contributed by atoms with E-state index in [1.807, 2.05) is 7.05 Å². The Morgan fingerprint density at radius 3 is 2.53 bits per heavy atom. The number of thiazole rings is 1. The molecule has 0 aromatic carbocycles. The minimum atomic E-state index is -0.0885. The Labute approximate surface area is 120 Å². The molecule has 1 aromatic heterocycles. The Morgan fingerprint density at radius 1 is 1.37 bits per heavy atom. The predicted octanol–water partition coefficient (Wildman–Crippen LogP) is 3.44. The maximum atomic E-state index is 5.85. The van der Waals surface area contributed by atoms with Gasteiger partial charge in [-0.25, -0.2) is 4.98 Å². The number of nitrogens with zero attached hydrogens (tertiary/aromatic N) is 1. The summed E-state index contributed by atoms with van der Waals surface area (Å²) in [7, 11) is 2.04. The first kappa shape index (κ1) is 14.9. The molecule has 0 spiro atoms. The minimum Gasteiger partial charge on any atom is -0.375 e. The van der Waals surface area contributed by atoms with Gasteiger partial charge >= 0.3 is 0 Å². The molecule has 1 atom stereocenters. The molecule has 1 fully saturated rings. The summed E-state index contributed by atoms with van der Waals surface area (Å²) in [6.07, 6.45) is 1.96. The van der Waals surface area contributed by atoms with Gasteiger partial charge in [-0.05, 0) is 27.3 Å². The van der Waals surface area contributed by atoms with Crippen LogP contribution in [0.15, 0.2) is 5.38 Å². The van der Waals surface area contributed by atoms with Crippen LogP contribution in [0.25, 0.3) is 0 Å². The molecule has 0 saturated carbocycles. The van der Waals surface area contributed by atoms with E-state index in [-0.39, 0.29) is 16.6 Å². The standard InChI is InChI=1S/C15H26N2OS/c1-13(2,3)11-9-19-12(17-11)15(16-6)7-8-18-14(4,5)10-15/h9,16H,7-8,10H2,1-6H3. The van der Waals surface area contributed by atoms with Crippen molar-refractivity contribution in [3.63, 3.8) is 0 Å². The van der Waals surface area contributed by atoms with Crippen LogP contribution < -0.4 is 5.32 Å². The molecule has 1 aliphatic rings. The Kier molecular flexibility index (Phi) is 3.80. The lowest BCUT2D eigenvalue weighted by Gasteiger charge is -2.43. The second kappa shape index (κ2) is 4.83. The SMILES string of the molecule is CNC1(c2nc(C(C)(C)C)cs2)CCOC(C)(C)C1. The highest BCUT2D eigenvalue weighted by atomic mass is 32.1. The molecule has 0 radical (unpaired) electrons. The number of nitrogens with one attached hydrogen (secondary N) is 1. The molecule has 108 valence electrons. The third-order valence-electron chi connectivity index (χ3n) is 3.91. The molecule has 3 nitrogen and oxygen atoms in total. The fraction of sp³-hybridized carbons (Fsp3) is 0.800. The van der Waals surface area contributed by atoms with Gasteiger partial charge < -0.3 is 10.1 Å². The average Bonchev–Trinajstić information content (AvgIpc) is 2.76. The summed E-state index contributed by atoms with van der Waals surface area (Å²) in [5.74, 6) is 0. The molecule has 1 saturated heterocycles. The molecule has 0 amide bonds. The molecule has 4 heteroatoms. The number of rotatable bonds is 2. The van der Waals surface area contributed by atoms with E-state index in [0.29, 0.717) is 0 Å². The molecular weight excluding hydrogens is 256 g/mol. The van der Waals surface area contributed by atoms with E-state index in [1.165, 1.54) is 10.7 Å². The summed E-state index contributed by atoms with van der Waals surface area (Å²) in [6, 6.07) is 0. The molecule has 1 aliphatic heterocycles. The van der Waals surface area contributed by atoms with Crippen LogP contribution in [0.4, 0.5) is 0 Å². The van der Waals surface area contributed by atoms with Crippen LogP contribution in [-0.4, -0.2) is 24.2 Å². The Balaban J connectivity index is 2.34. The summed E-state index contributed by atoms with van der Waals surface area (Å²) >= 11 is 1.78. The predicted molar refractivity (Wildman–Crippen MR) is 80.8 cm³/mol. The van der Waals surface area contributed by atoms with Crippen LogP contribution >= 0.6 is 11.3 Å². The molecule has 1 unspecified atom stereocenters. The van der Waals surface area contributed by atoms with E-state index in [2.05, 4.69) is 45.3 Å². The summed E-state index contributed by atoms with van der Waals surface area (Å²) in [5, 5.41) is 6.93. The lowest BCUT2D eigenvalue weighted by molar-refractivity contribution is -0.0883. The maximum Gasteiger partial charge on any atom is 0.113 e. The highest BCUT2D eigenvalue weighted by molar-refractivity contribution is 7.09. The summed E-state index contributed by atoms with van der Waals surface area (Å²) in [4.78, 5) is 4.91. The highest BCUT2D eigenvalue weighted by Gasteiger charge is 2.43. The van der Waals surface area contributed by atoms with Gasteiger partial charge in [0.05, 0.1) is 16.8 Å². The van der Waals surface area contributed by atoms with Gasteiger partial charge in [0.25, 0.3) is 0 Å². The van der Waals surface area contributed by atoms with Crippen molar-refractivity contribution in [2.45, 2.75) is 64.0 Å². The van der Waals surface area contributed by atoms with E-state index >= 15 is 0 Å². The molecule has 1 aromatic rings. The highest BCUT2D eigenvalue weighted by Crippen LogP contribution is 2.41. The number of ether oxygens (including phenoxy) is 1. The van der Waals surface area contributed by atoms with Gasteiger partial charge in [0.2, 0.25) is 0 Å². The third kappa shape index (κ3) is 3.01. The van der Waals surface area contributed by atoms with Crippen LogP contribution in [0.1, 0.15) is 58.2 Å². The van der Waals surface area contributed by atoms with Gasteiger partial charge in [-0.2, -0.15) is 0 Å². The van der Waals surface area contributed by atoms with Gasteiger partial charge in [-0.15, -0.1) is 11.3 Å². The number of aromatic nitrogens is 1. The van der Waals surface area contributed by atoms with Crippen molar-refractivity contribution in [3.05, 3.63) is 16.1 Å². The topological polar surface area (TPSA) is 34.2 Å². The zero-order chi connectivity index (χ0) is 14.3. The molecular formula is C15H26N2OS. The minimum absolute atomic E-state index is 0.0318. The van der Waals surface area contributed by atoms with Gasteiger partial charge in [0, 0.05) is 23.8 Å². The summed E-state index contributed by atoms with van der Waals surface area (Å²) in [6.45, 7) is 11.8. The molecule has 0 bridgehead atoms. The van der Waals surface area contributed by atoms with Gasteiger partial charge in [-0.3, -0.25) is 0 Å². The molecule has 2 rings (SSSR count). The van der Waals surface area contributed by atoms with Crippen LogP contribution in [0.2, 0.25) is 0 Å². The van der Waals surface area contributed by atoms with Crippen molar-refractivity contribution >= 4 is 11.3 Å². The zero-order valence-corrected chi connectivity index (χ0v) is 13.8. The first-order chi connectivity index (χ1) is 8.69. The van der Waals surface area contributed by atoms with Crippen molar-refractivity contribution in [1.29, 1.82) is 0 Å². The van der Waals surface area contributed by atoms with Crippen molar-refractivity contribution in [2.24, 2.45) is 0 Å². The Bertz CT molecular complexity index is 447. The Morgan fingerprint density at radius 2 is 2.05 bits per heavy atom. The monoisotopic (exact) mass is 282 g/mol. The molecule has 1 N–H and O–H groups in total. The first-order valence-electron chi connectivity index (χ1n) is 6.98. The Hall–Kier alpha value is -0.450. The number of hydrogen-bond donors (Lipinski definition) is 1. The van der Waals surface area contributed by atoms with E-state index in [1.54, 1.807) is 11.3 Å². The van der Waals surface area contributed by atoms with Crippen molar-refractivity contribution in [1.82, 2.24) is 10.3 Å². The maximum absolute atomic E-state index is 5.85. The third-order valence-corrected chi connectivity index (χ3v) is 4.96. The molecule has 19 heavy (non-hydrogen) atoms. The van der Waals surface area contributed by atoms with Crippen LogP contribution in [0.5, 0.6) is 0 Å². The van der Waals surface area contributed by atoms with E-state index in [9.17, 15) is 0 Å². The van der Waals surface area contributed by atoms with E-state index in [0.717, 1.165) is 19.4 Å². The van der Waals surface area contributed by atoms with Crippen LogP contribution in [0.3, 0.4) is 0 Å². The summed E-state index contributed by atoms with van der Waals surface area (Å²) < 4.78 is 5.85. The number of hydrogen-bond acceptors (Lipinski definition) is 4. The second-order valence-corrected chi connectivity index (χ2v) is 8.01. The quantitative estimate of drug-likeness (QED) is 0.902. The van der Waals surface area contributed by atoms with Gasteiger partial charge in [0.15, 0.2) is 0 Å².